The van der Waals surface area contributed by atoms with E-state index in [0.29, 0.717) is 32.8 Å². The Labute approximate surface area is 165 Å². The summed E-state index contributed by atoms with van der Waals surface area (Å²) in [5, 5.41) is 4.62. The average molecular weight is 416 g/mol. The van der Waals surface area contributed by atoms with Crippen LogP contribution in [0.25, 0.3) is 0 Å². The van der Waals surface area contributed by atoms with Crippen molar-refractivity contribution >= 4 is 27.3 Å². The summed E-state index contributed by atoms with van der Waals surface area (Å²) in [7, 11) is -3.61. The molecule has 0 spiro atoms. The minimum Gasteiger partial charge on any atom is -0.379 e. The second kappa shape index (κ2) is 8.57. The van der Waals surface area contributed by atoms with Crippen LogP contribution >= 0.6 is 11.3 Å². The Morgan fingerprint density at radius 1 is 1.19 bits per heavy atom. The van der Waals surface area contributed by atoms with Crippen molar-refractivity contribution in [2.75, 3.05) is 45.9 Å². The van der Waals surface area contributed by atoms with Gasteiger partial charge in [-0.25, -0.2) is 8.42 Å². The molecule has 0 atom stereocenters. The molecule has 0 bridgehead atoms. The first-order valence-electron chi connectivity index (χ1n) is 9.51. The molecule has 9 heteroatoms. The minimum absolute atomic E-state index is 0.135. The van der Waals surface area contributed by atoms with Gasteiger partial charge in [0.15, 0.2) is 0 Å². The van der Waals surface area contributed by atoms with Crippen LogP contribution < -0.4 is 5.32 Å². The first-order valence-corrected chi connectivity index (χ1v) is 11.8. The second-order valence-corrected chi connectivity index (χ2v) is 10.5. The van der Waals surface area contributed by atoms with E-state index in [2.05, 4.69) is 24.1 Å². The lowest BCUT2D eigenvalue weighted by Crippen LogP contribution is -2.55. The van der Waals surface area contributed by atoms with Gasteiger partial charge in [-0.3, -0.25) is 9.69 Å². The predicted octanol–water partition coefficient (Wildman–Crippen LogP) is 1.76. The number of ether oxygens (including phenoxy) is 1. The summed E-state index contributed by atoms with van der Waals surface area (Å²) >= 11 is 1.18. The molecule has 0 aliphatic carbocycles. The molecule has 7 nitrogen and oxygen atoms in total. The number of nitrogens with zero attached hydrogens (tertiary/aromatic N) is 2. The molecule has 2 aliphatic heterocycles. The lowest BCUT2D eigenvalue weighted by molar-refractivity contribution is -0.00923. The van der Waals surface area contributed by atoms with E-state index in [-0.39, 0.29) is 21.2 Å². The van der Waals surface area contributed by atoms with Crippen molar-refractivity contribution in [3.05, 3.63) is 16.3 Å². The number of rotatable bonds is 6. The Morgan fingerprint density at radius 3 is 2.52 bits per heavy atom. The fourth-order valence-corrected chi connectivity index (χ4v) is 6.40. The first-order chi connectivity index (χ1) is 12.8. The van der Waals surface area contributed by atoms with E-state index in [4.69, 9.17) is 4.74 Å². The van der Waals surface area contributed by atoms with Crippen LogP contribution in [0.15, 0.2) is 16.3 Å². The molecular weight excluding hydrogens is 386 g/mol. The molecule has 2 fully saturated rings. The zero-order valence-electron chi connectivity index (χ0n) is 16.1. The van der Waals surface area contributed by atoms with Crippen molar-refractivity contribution < 1.29 is 17.9 Å². The van der Waals surface area contributed by atoms with Crippen molar-refractivity contribution in [1.29, 1.82) is 0 Å². The molecule has 3 heterocycles. The highest BCUT2D eigenvalue weighted by Gasteiger charge is 2.32. The zero-order chi connectivity index (χ0) is 19.5. The van der Waals surface area contributed by atoms with Crippen molar-refractivity contribution in [1.82, 2.24) is 14.5 Å². The van der Waals surface area contributed by atoms with E-state index < -0.39 is 10.0 Å². The molecule has 27 heavy (non-hydrogen) atoms. The number of nitrogens with one attached hydrogen (secondary N) is 1. The summed E-state index contributed by atoms with van der Waals surface area (Å²) in [6.07, 6.45) is 2.80. The molecule has 1 aromatic heterocycles. The number of thiophene rings is 1. The molecule has 0 unspecified atom stereocenters. The monoisotopic (exact) mass is 415 g/mol. The van der Waals surface area contributed by atoms with E-state index in [9.17, 15) is 13.2 Å². The summed E-state index contributed by atoms with van der Waals surface area (Å²) in [5.74, 6) is -0.318. The standard InChI is InChI=1S/C18H29N3O4S2/c1-18(2,20-9-11-25-12-10-20)14-19-17(22)16-15(6-13-26-16)27(23,24)21-7-4-3-5-8-21/h6,13H,3-5,7-12,14H2,1-2H3,(H,19,22). The van der Waals surface area contributed by atoms with Crippen LogP contribution in [0, 0.1) is 0 Å². The van der Waals surface area contributed by atoms with Gasteiger partial charge in [-0.1, -0.05) is 6.42 Å². The van der Waals surface area contributed by atoms with Gasteiger partial charge in [0.25, 0.3) is 5.91 Å². The minimum atomic E-state index is -3.61. The van der Waals surface area contributed by atoms with Crippen LogP contribution in [0.1, 0.15) is 42.8 Å². The molecule has 3 rings (SSSR count). The van der Waals surface area contributed by atoms with Crippen molar-refractivity contribution in [3.8, 4) is 0 Å². The molecule has 1 N–H and O–H groups in total. The van der Waals surface area contributed by atoms with Gasteiger partial charge < -0.3 is 10.1 Å². The van der Waals surface area contributed by atoms with Crippen LogP contribution in [0.3, 0.4) is 0 Å². The van der Waals surface area contributed by atoms with Crippen molar-refractivity contribution in [3.63, 3.8) is 0 Å². The van der Waals surface area contributed by atoms with E-state index in [1.165, 1.54) is 15.6 Å². The molecule has 1 amide bonds. The van der Waals surface area contributed by atoms with Crippen LogP contribution in [-0.2, 0) is 14.8 Å². The van der Waals surface area contributed by atoms with E-state index in [1.807, 2.05) is 0 Å². The van der Waals surface area contributed by atoms with Crippen molar-refractivity contribution in [2.45, 2.75) is 43.5 Å². The molecule has 0 aromatic carbocycles. The van der Waals surface area contributed by atoms with Crippen LogP contribution in [0.2, 0.25) is 0 Å². The maximum absolute atomic E-state index is 13.0. The molecule has 0 radical (unpaired) electrons. The summed E-state index contributed by atoms with van der Waals surface area (Å²) < 4.78 is 32.8. The summed E-state index contributed by atoms with van der Waals surface area (Å²) in [5.41, 5.74) is -0.220. The van der Waals surface area contributed by atoms with Gasteiger partial charge in [0.1, 0.15) is 9.77 Å². The summed E-state index contributed by atoms with van der Waals surface area (Å²) in [6.45, 7) is 8.73. The number of amides is 1. The van der Waals surface area contributed by atoms with Gasteiger partial charge >= 0.3 is 0 Å². The highest BCUT2D eigenvalue weighted by atomic mass is 32.2. The molecule has 0 saturated carbocycles. The lowest BCUT2D eigenvalue weighted by Gasteiger charge is -2.40. The van der Waals surface area contributed by atoms with Gasteiger partial charge in [-0.2, -0.15) is 4.31 Å². The largest absolute Gasteiger partial charge is 0.379 e. The fourth-order valence-electron chi connectivity index (χ4n) is 3.57. The van der Waals surface area contributed by atoms with Crippen molar-refractivity contribution in [2.24, 2.45) is 0 Å². The third-order valence-corrected chi connectivity index (χ3v) is 8.30. The molecule has 2 aliphatic rings. The Kier molecular flexibility index (Phi) is 6.58. The smallest absolute Gasteiger partial charge is 0.262 e. The lowest BCUT2D eigenvalue weighted by atomic mass is 10.0. The van der Waals surface area contributed by atoms with E-state index in [0.717, 1.165) is 32.4 Å². The SMILES string of the molecule is CC(C)(CNC(=O)c1sccc1S(=O)(=O)N1CCCCC1)N1CCOCC1. The van der Waals surface area contributed by atoms with Gasteiger partial charge in [0, 0.05) is 38.3 Å². The van der Waals surface area contributed by atoms with Crippen LogP contribution in [-0.4, -0.2) is 75.0 Å². The Hall–Kier alpha value is -1.00. The number of hydrogen-bond donors (Lipinski definition) is 1. The maximum Gasteiger partial charge on any atom is 0.262 e. The number of sulfonamides is 1. The molecular formula is C18H29N3O4S2. The number of piperidine rings is 1. The van der Waals surface area contributed by atoms with Gasteiger partial charge in [-0.05, 0) is 38.1 Å². The number of morpholine rings is 1. The number of carbonyl (C=O) groups excluding carboxylic acids is 1. The van der Waals surface area contributed by atoms with Gasteiger partial charge in [0.05, 0.1) is 13.2 Å². The average Bonchev–Trinajstić information content (AvgIpc) is 3.18. The highest BCUT2D eigenvalue weighted by Crippen LogP contribution is 2.27. The van der Waals surface area contributed by atoms with Crippen LogP contribution in [0.5, 0.6) is 0 Å². The third kappa shape index (κ3) is 4.71. The second-order valence-electron chi connectivity index (χ2n) is 7.67. The first kappa shape index (κ1) is 20.7. The normalized spacial score (nSPS) is 20.5. The topological polar surface area (TPSA) is 79.0 Å². The third-order valence-electron chi connectivity index (χ3n) is 5.32. The highest BCUT2D eigenvalue weighted by molar-refractivity contribution is 7.89. The Balaban J connectivity index is 1.68. The molecule has 2 saturated heterocycles. The van der Waals surface area contributed by atoms with Crippen LogP contribution in [0.4, 0.5) is 0 Å². The van der Waals surface area contributed by atoms with E-state index in [1.54, 1.807) is 11.4 Å². The fraction of sp³-hybridized carbons (Fsp3) is 0.722. The number of carbonyl (C=O) groups is 1. The van der Waals surface area contributed by atoms with Gasteiger partial charge in [0.2, 0.25) is 10.0 Å². The van der Waals surface area contributed by atoms with E-state index >= 15 is 0 Å². The number of hydrogen-bond acceptors (Lipinski definition) is 6. The van der Waals surface area contributed by atoms with Gasteiger partial charge in [-0.15, -0.1) is 11.3 Å². The predicted molar refractivity (Wildman–Crippen MR) is 106 cm³/mol. The maximum atomic E-state index is 13.0. The molecule has 152 valence electrons. The Morgan fingerprint density at radius 2 is 1.85 bits per heavy atom. The zero-order valence-corrected chi connectivity index (χ0v) is 17.7. The summed E-state index contributed by atoms with van der Waals surface area (Å²) in [6, 6.07) is 1.55. The molecule has 1 aromatic rings. The quantitative estimate of drug-likeness (QED) is 0.766. The summed E-state index contributed by atoms with van der Waals surface area (Å²) in [4.78, 5) is 15.5. The Bertz CT molecular complexity index is 748.